The van der Waals surface area contributed by atoms with Crippen LogP contribution in [0.3, 0.4) is 0 Å². The fourth-order valence-corrected chi connectivity index (χ4v) is 3.32. The number of nitrogens with one attached hydrogen (secondary N) is 1. The number of rotatable bonds is 7. The van der Waals surface area contributed by atoms with E-state index in [0.29, 0.717) is 6.04 Å². The Hall–Kier alpha value is -1.06. The van der Waals surface area contributed by atoms with E-state index in [1.807, 2.05) is 0 Å². The van der Waals surface area contributed by atoms with Gasteiger partial charge in [0, 0.05) is 51.0 Å². The average Bonchev–Trinajstić information content (AvgIpc) is 2.55. The second-order valence-electron chi connectivity index (χ2n) is 5.85. The van der Waals surface area contributed by atoms with Crippen molar-refractivity contribution in [1.82, 2.24) is 10.2 Å². The Morgan fingerprint density at radius 3 is 2.19 bits per heavy atom. The highest BCUT2D eigenvalue weighted by atomic mass is 15.2. The zero-order valence-corrected chi connectivity index (χ0v) is 13.9. The third-order valence-electron chi connectivity index (χ3n) is 4.56. The van der Waals surface area contributed by atoms with Crippen molar-refractivity contribution in [3.05, 3.63) is 29.8 Å². The lowest BCUT2D eigenvalue weighted by atomic mass is 9.99. The summed E-state index contributed by atoms with van der Waals surface area (Å²) >= 11 is 0. The third kappa shape index (κ3) is 4.21. The molecule has 1 aromatic rings. The summed E-state index contributed by atoms with van der Waals surface area (Å²) in [5, 5.41) is 3.45. The number of piperazine rings is 1. The summed E-state index contributed by atoms with van der Waals surface area (Å²) < 4.78 is 0. The molecule has 0 saturated carbocycles. The molecule has 2 rings (SSSR count). The summed E-state index contributed by atoms with van der Waals surface area (Å²) in [6.07, 6.45) is 2.50. The smallest absolute Gasteiger partial charge is 0.0366 e. The monoisotopic (exact) mass is 289 g/mol. The molecule has 1 aliphatic heterocycles. The topological polar surface area (TPSA) is 18.5 Å². The first-order valence-electron chi connectivity index (χ1n) is 8.59. The Bertz CT molecular complexity index is 391. The van der Waals surface area contributed by atoms with Crippen LogP contribution in [0.5, 0.6) is 0 Å². The second-order valence-corrected chi connectivity index (χ2v) is 5.85. The number of hydrogen-bond donors (Lipinski definition) is 1. The molecule has 1 aliphatic rings. The summed E-state index contributed by atoms with van der Waals surface area (Å²) in [4.78, 5) is 5.05. The number of hydrogen-bond acceptors (Lipinski definition) is 3. The van der Waals surface area contributed by atoms with Crippen molar-refractivity contribution in [2.75, 3.05) is 44.2 Å². The van der Waals surface area contributed by atoms with Crippen LogP contribution < -0.4 is 10.2 Å². The molecule has 0 aliphatic carbocycles. The lowest BCUT2D eigenvalue weighted by molar-refractivity contribution is 0.164. The Morgan fingerprint density at radius 1 is 1.05 bits per heavy atom. The van der Waals surface area contributed by atoms with Gasteiger partial charge in [0.25, 0.3) is 0 Å². The minimum Gasteiger partial charge on any atom is -0.372 e. The molecule has 1 atom stereocenters. The van der Waals surface area contributed by atoms with E-state index in [1.165, 1.54) is 37.2 Å². The van der Waals surface area contributed by atoms with Crippen molar-refractivity contribution in [2.24, 2.45) is 0 Å². The standard InChI is InChI=1S/C18H31N3/c1-4-7-18(21-14-12-19-13-15-21)16-8-10-17(11-9-16)20(5-2)6-3/h8-11,18-19H,4-7,12-15H2,1-3H3/t18-/m1/s1. The molecule has 1 fully saturated rings. The molecule has 1 aromatic carbocycles. The Balaban J connectivity index is 2.12. The van der Waals surface area contributed by atoms with E-state index in [4.69, 9.17) is 0 Å². The lowest BCUT2D eigenvalue weighted by Crippen LogP contribution is -2.45. The van der Waals surface area contributed by atoms with Gasteiger partial charge in [0.2, 0.25) is 0 Å². The van der Waals surface area contributed by atoms with Crippen LogP contribution in [-0.2, 0) is 0 Å². The van der Waals surface area contributed by atoms with E-state index < -0.39 is 0 Å². The fraction of sp³-hybridized carbons (Fsp3) is 0.667. The van der Waals surface area contributed by atoms with Gasteiger partial charge in [-0.2, -0.15) is 0 Å². The van der Waals surface area contributed by atoms with Crippen LogP contribution in [0.1, 0.15) is 45.2 Å². The molecule has 0 unspecified atom stereocenters. The Labute approximate surface area is 130 Å². The Kier molecular flexibility index (Phi) is 6.52. The quantitative estimate of drug-likeness (QED) is 0.831. The molecule has 3 heteroatoms. The molecule has 1 heterocycles. The molecule has 1 N–H and O–H groups in total. The highest BCUT2D eigenvalue weighted by Gasteiger charge is 2.21. The molecule has 0 spiro atoms. The summed E-state index contributed by atoms with van der Waals surface area (Å²) in [5.41, 5.74) is 2.83. The molecule has 0 amide bonds. The van der Waals surface area contributed by atoms with Gasteiger partial charge in [0.1, 0.15) is 0 Å². The lowest BCUT2D eigenvalue weighted by Gasteiger charge is -2.35. The summed E-state index contributed by atoms with van der Waals surface area (Å²) in [5.74, 6) is 0. The highest BCUT2D eigenvalue weighted by molar-refractivity contribution is 5.47. The van der Waals surface area contributed by atoms with Crippen LogP contribution in [0.4, 0.5) is 5.69 Å². The molecular weight excluding hydrogens is 258 g/mol. The van der Waals surface area contributed by atoms with Gasteiger partial charge in [-0.1, -0.05) is 25.5 Å². The van der Waals surface area contributed by atoms with Gasteiger partial charge >= 0.3 is 0 Å². The molecule has 21 heavy (non-hydrogen) atoms. The molecule has 0 bridgehead atoms. The van der Waals surface area contributed by atoms with Gasteiger partial charge in [-0.3, -0.25) is 4.90 Å². The SMILES string of the molecule is CCC[C@H](c1ccc(N(CC)CC)cc1)N1CCNCC1. The summed E-state index contributed by atoms with van der Waals surface area (Å²) in [7, 11) is 0. The van der Waals surface area contributed by atoms with Gasteiger partial charge in [-0.25, -0.2) is 0 Å². The second kappa shape index (κ2) is 8.40. The van der Waals surface area contributed by atoms with E-state index in [1.54, 1.807) is 0 Å². The van der Waals surface area contributed by atoms with Gasteiger partial charge < -0.3 is 10.2 Å². The van der Waals surface area contributed by atoms with E-state index in [9.17, 15) is 0 Å². The van der Waals surface area contributed by atoms with Crippen molar-refractivity contribution in [3.63, 3.8) is 0 Å². The van der Waals surface area contributed by atoms with Gasteiger partial charge in [0.05, 0.1) is 0 Å². The average molecular weight is 289 g/mol. The van der Waals surface area contributed by atoms with Crippen LogP contribution in [0, 0.1) is 0 Å². The third-order valence-corrected chi connectivity index (χ3v) is 4.56. The molecular formula is C18H31N3. The van der Waals surface area contributed by atoms with Crippen LogP contribution in [0.25, 0.3) is 0 Å². The number of nitrogens with zero attached hydrogens (tertiary/aromatic N) is 2. The molecule has 0 aromatic heterocycles. The largest absolute Gasteiger partial charge is 0.372 e. The van der Waals surface area contributed by atoms with Crippen molar-refractivity contribution in [3.8, 4) is 0 Å². The maximum atomic E-state index is 3.45. The predicted molar refractivity (Wildman–Crippen MR) is 92.1 cm³/mol. The van der Waals surface area contributed by atoms with E-state index in [2.05, 4.69) is 60.2 Å². The van der Waals surface area contributed by atoms with Crippen molar-refractivity contribution < 1.29 is 0 Å². The van der Waals surface area contributed by atoms with Crippen LogP contribution in [0.15, 0.2) is 24.3 Å². The minimum absolute atomic E-state index is 0.586. The molecule has 1 saturated heterocycles. The van der Waals surface area contributed by atoms with E-state index in [0.717, 1.165) is 26.2 Å². The van der Waals surface area contributed by atoms with Gasteiger partial charge in [-0.15, -0.1) is 0 Å². The molecule has 0 radical (unpaired) electrons. The van der Waals surface area contributed by atoms with Crippen molar-refractivity contribution >= 4 is 5.69 Å². The molecule has 118 valence electrons. The highest BCUT2D eigenvalue weighted by Crippen LogP contribution is 2.27. The maximum absolute atomic E-state index is 3.45. The number of anilines is 1. The molecule has 3 nitrogen and oxygen atoms in total. The first kappa shape index (κ1) is 16.3. The van der Waals surface area contributed by atoms with E-state index >= 15 is 0 Å². The first-order valence-corrected chi connectivity index (χ1v) is 8.59. The summed E-state index contributed by atoms with van der Waals surface area (Å²) in [6, 6.07) is 9.87. The van der Waals surface area contributed by atoms with Crippen LogP contribution >= 0.6 is 0 Å². The summed E-state index contributed by atoms with van der Waals surface area (Å²) in [6.45, 7) is 13.5. The zero-order chi connectivity index (χ0) is 15.1. The minimum atomic E-state index is 0.586. The fourth-order valence-electron chi connectivity index (χ4n) is 3.32. The van der Waals surface area contributed by atoms with Gasteiger partial charge in [0.15, 0.2) is 0 Å². The normalized spacial score (nSPS) is 17.7. The maximum Gasteiger partial charge on any atom is 0.0366 e. The number of benzene rings is 1. The van der Waals surface area contributed by atoms with Crippen molar-refractivity contribution in [2.45, 2.75) is 39.7 Å². The van der Waals surface area contributed by atoms with Crippen LogP contribution in [-0.4, -0.2) is 44.2 Å². The van der Waals surface area contributed by atoms with Crippen molar-refractivity contribution in [1.29, 1.82) is 0 Å². The van der Waals surface area contributed by atoms with Gasteiger partial charge in [-0.05, 0) is 38.0 Å². The Morgan fingerprint density at radius 2 is 1.67 bits per heavy atom. The van der Waals surface area contributed by atoms with E-state index in [-0.39, 0.29) is 0 Å². The van der Waals surface area contributed by atoms with Crippen LogP contribution in [0.2, 0.25) is 0 Å². The predicted octanol–water partition coefficient (Wildman–Crippen LogP) is 3.28. The zero-order valence-electron chi connectivity index (χ0n) is 13.9. The first-order chi connectivity index (χ1) is 10.3.